The van der Waals surface area contributed by atoms with E-state index >= 15 is 0 Å². The molecule has 0 aliphatic carbocycles. The van der Waals surface area contributed by atoms with Crippen molar-refractivity contribution in [2.24, 2.45) is 0 Å². The Morgan fingerprint density at radius 2 is 1.89 bits per heavy atom. The number of methoxy groups -OCH3 is 1. The van der Waals surface area contributed by atoms with Gasteiger partial charge in [0.1, 0.15) is 5.75 Å². The van der Waals surface area contributed by atoms with Crippen molar-refractivity contribution in [3.8, 4) is 5.75 Å². The third kappa shape index (κ3) is 5.28. The van der Waals surface area contributed by atoms with Gasteiger partial charge in [0.15, 0.2) is 0 Å². The highest BCUT2D eigenvalue weighted by Gasteiger charge is 2.11. The van der Waals surface area contributed by atoms with E-state index in [2.05, 4.69) is 0 Å². The Hall–Kier alpha value is -1.59. The smallest absolute Gasteiger partial charge is 0.236 e. The lowest BCUT2D eigenvalue weighted by Gasteiger charge is -2.21. The van der Waals surface area contributed by atoms with Crippen LogP contribution in [0.5, 0.6) is 5.75 Å². The van der Waals surface area contributed by atoms with E-state index in [-0.39, 0.29) is 12.5 Å². The van der Waals surface area contributed by atoms with E-state index in [4.69, 9.17) is 9.84 Å². The van der Waals surface area contributed by atoms with Crippen molar-refractivity contribution in [3.63, 3.8) is 0 Å². The van der Waals surface area contributed by atoms with Gasteiger partial charge in [-0.25, -0.2) is 0 Å². The minimum atomic E-state index is 0.0340. The van der Waals surface area contributed by atoms with Gasteiger partial charge >= 0.3 is 0 Å². The van der Waals surface area contributed by atoms with Gasteiger partial charge in [-0.05, 0) is 24.7 Å². The van der Waals surface area contributed by atoms with Gasteiger partial charge in [-0.3, -0.25) is 9.69 Å². The van der Waals surface area contributed by atoms with Gasteiger partial charge in [-0.15, -0.1) is 0 Å². The van der Waals surface area contributed by atoms with Gasteiger partial charge in [-0.2, -0.15) is 0 Å². The average Bonchev–Trinajstić information content (AvgIpc) is 2.39. The van der Waals surface area contributed by atoms with E-state index in [1.807, 2.05) is 31.3 Å². The van der Waals surface area contributed by atoms with Crippen molar-refractivity contribution in [3.05, 3.63) is 29.8 Å². The number of hydrogen-bond donors (Lipinski definition) is 1. The normalized spacial score (nSPS) is 10.6. The minimum Gasteiger partial charge on any atom is -0.497 e. The molecule has 0 bridgehead atoms. The molecule has 106 valence electrons. The fraction of sp³-hybridized carbons (Fsp3) is 0.500. The summed E-state index contributed by atoms with van der Waals surface area (Å²) < 4.78 is 5.09. The van der Waals surface area contributed by atoms with Crippen LogP contribution in [0.3, 0.4) is 0 Å². The number of hydrogen-bond acceptors (Lipinski definition) is 4. The molecule has 1 amide bonds. The zero-order valence-corrected chi connectivity index (χ0v) is 11.8. The summed E-state index contributed by atoms with van der Waals surface area (Å²) in [7, 11) is 5.22. The number of carbonyl (C=O) groups excluding carboxylic acids is 1. The average molecular weight is 266 g/mol. The third-order valence-electron chi connectivity index (χ3n) is 2.89. The van der Waals surface area contributed by atoms with Crippen molar-refractivity contribution in [1.82, 2.24) is 9.80 Å². The first-order chi connectivity index (χ1) is 9.06. The molecule has 0 aliphatic heterocycles. The molecule has 0 saturated carbocycles. The maximum absolute atomic E-state index is 11.9. The van der Waals surface area contributed by atoms with E-state index in [9.17, 15) is 4.79 Å². The molecule has 0 spiro atoms. The van der Waals surface area contributed by atoms with E-state index in [0.29, 0.717) is 19.6 Å². The summed E-state index contributed by atoms with van der Waals surface area (Å²) in [6.07, 6.45) is 0. The molecule has 0 radical (unpaired) electrons. The summed E-state index contributed by atoms with van der Waals surface area (Å²) in [6, 6.07) is 7.65. The lowest BCUT2D eigenvalue weighted by Crippen LogP contribution is -2.37. The van der Waals surface area contributed by atoms with Crippen LogP contribution in [-0.2, 0) is 11.3 Å². The molecule has 0 heterocycles. The number of aliphatic hydroxyl groups is 1. The Bertz CT molecular complexity index is 392. The molecule has 1 aromatic rings. The lowest BCUT2D eigenvalue weighted by molar-refractivity contribution is -0.131. The first-order valence-corrected chi connectivity index (χ1v) is 6.23. The third-order valence-corrected chi connectivity index (χ3v) is 2.89. The van der Waals surface area contributed by atoms with Crippen LogP contribution in [0.4, 0.5) is 0 Å². The van der Waals surface area contributed by atoms with Crippen LogP contribution in [0.2, 0.25) is 0 Å². The Kier molecular flexibility index (Phi) is 6.32. The topological polar surface area (TPSA) is 53.0 Å². The van der Waals surface area contributed by atoms with Crippen LogP contribution in [-0.4, -0.2) is 61.7 Å². The molecule has 0 aliphatic rings. The number of benzene rings is 1. The van der Waals surface area contributed by atoms with E-state index in [1.165, 1.54) is 0 Å². The molecule has 1 N–H and O–H groups in total. The van der Waals surface area contributed by atoms with Crippen molar-refractivity contribution >= 4 is 5.91 Å². The molecule has 0 aromatic heterocycles. The summed E-state index contributed by atoms with van der Waals surface area (Å²) in [4.78, 5) is 15.4. The van der Waals surface area contributed by atoms with Gasteiger partial charge in [0.05, 0.1) is 20.3 Å². The highest BCUT2D eigenvalue weighted by Crippen LogP contribution is 2.12. The van der Waals surface area contributed by atoms with E-state index in [1.54, 1.807) is 24.0 Å². The maximum atomic E-state index is 11.9. The zero-order valence-electron chi connectivity index (χ0n) is 11.8. The number of carbonyl (C=O) groups is 1. The SMILES string of the molecule is COc1ccc(CN(C)C(=O)CN(C)CCO)cc1. The molecule has 0 atom stereocenters. The molecular weight excluding hydrogens is 244 g/mol. The summed E-state index contributed by atoms with van der Waals surface area (Å²) in [5.41, 5.74) is 1.06. The molecule has 5 nitrogen and oxygen atoms in total. The van der Waals surface area contributed by atoms with Crippen LogP contribution in [0.15, 0.2) is 24.3 Å². The largest absolute Gasteiger partial charge is 0.497 e. The molecule has 0 unspecified atom stereocenters. The molecule has 1 rings (SSSR count). The van der Waals surface area contributed by atoms with Gasteiger partial charge in [-0.1, -0.05) is 12.1 Å². The first-order valence-electron chi connectivity index (χ1n) is 6.23. The van der Waals surface area contributed by atoms with E-state index < -0.39 is 0 Å². The van der Waals surface area contributed by atoms with Gasteiger partial charge < -0.3 is 14.7 Å². The summed E-state index contributed by atoms with van der Waals surface area (Å²) >= 11 is 0. The van der Waals surface area contributed by atoms with Crippen LogP contribution in [0, 0.1) is 0 Å². The highest BCUT2D eigenvalue weighted by molar-refractivity contribution is 5.77. The minimum absolute atomic E-state index is 0.0340. The number of nitrogens with zero attached hydrogens (tertiary/aromatic N) is 2. The summed E-state index contributed by atoms with van der Waals surface area (Å²) in [5.74, 6) is 0.840. The predicted molar refractivity (Wildman–Crippen MR) is 74.1 cm³/mol. The Balaban J connectivity index is 2.48. The second-order valence-corrected chi connectivity index (χ2v) is 4.56. The summed E-state index contributed by atoms with van der Waals surface area (Å²) in [6.45, 7) is 1.44. The number of ether oxygens (including phenoxy) is 1. The second-order valence-electron chi connectivity index (χ2n) is 4.56. The van der Waals surface area contributed by atoms with Gasteiger partial charge in [0.25, 0.3) is 0 Å². The standard InChI is InChI=1S/C14H22N2O3/c1-15(8-9-17)11-14(18)16(2)10-12-4-6-13(19-3)7-5-12/h4-7,17H,8-11H2,1-3H3. The van der Waals surface area contributed by atoms with Crippen LogP contribution in [0.1, 0.15) is 5.56 Å². The van der Waals surface area contributed by atoms with Gasteiger partial charge in [0.2, 0.25) is 5.91 Å². The first kappa shape index (κ1) is 15.5. The zero-order chi connectivity index (χ0) is 14.3. The fourth-order valence-electron chi connectivity index (χ4n) is 1.69. The molecule has 5 heteroatoms. The molecule has 0 fully saturated rings. The monoisotopic (exact) mass is 266 g/mol. The summed E-state index contributed by atoms with van der Waals surface area (Å²) in [5, 5.41) is 8.79. The maximum Gasteiger partial charge on any atom is 0.236 e. The molecule has 19 heavy (non-hydrogen) atoms. The Morgan fingerprint density at radius 1 is 1.26 bits per heavy atom. The molecule has 1 aromatic carbocycles. The van der Waals surface area contributed by atoms with Crippen LogP contribution < -0.4 is 4.74 Å². The molecular formula is C14H22N2O3. The fourth-order valence-corrected chi connectivity index (χ4v) is 1.69. The number of aliphatic hydroxyl groups excluding tert-OH is 1. The van der Waals surface area contributed by atoms with Crippen molar-refractivity contribution in [1.29, 1.82) is 0 Å². The number of rotatable bonds is 7. The highest BCUT2D eigenvalue weighted by atomic mass is 16.5. The van der Waals surface area contributed by atoms with Crippen molar-refractivity contribution < 1.29 is 14.6 Å². The quantitative estimate of drug-likeness (QED) is 0.784. The van der Waals surface area contributed by atoms with Crippen LogP contribution >= 0.6 is 0 Å². The predicted octanol–water partition coefficient (Wildman–Crippen LogP) is 0.578. The Morgan fingerprint density at radius 3 is 2.42 bits per heavy atom. The van der Waals surface area contributed by atoms with Crippen molar-refractivity contribution in [2.75, 3.05) is 40.9 Å². The number of likely N-dealkylation sites (N-methyl/N-ethyl adjacent to an activating group) is 2. The van der Waals surface area contributed by atoms with Crippen molar-refractivity contribution in [2.45, 2.75) is 6.54 Å². The lowest BCUT2D eigenvalue weighted by atomic mass is 10.2. The molecule has 0 saturated heterocycles. The van der Waals surface area contributed by atoms with Crippen LogP contribution in [0.25, 0.3) is 0 Å². The second kappa shape index (κ2) is 7.76. The Labute approximate surface area is 114 Å². The van der Waals surface area contributed by atoms with E-state index in [0.717, 1.165) is 11.3 Å². The van der Waals surface area contributed by atoms with Gasteiger partial charge in [0, 0.05) is 20.1 Å². The number of amides is 1.